The van der Waals surface area contributed by atoms with Crippen molar-refractivity contribution in [3.63, 3.8) is 0 Å². The maximum Gasteiger partial charge on any atom is 0.233 e. The Balaban J connectivity index is 1.52. The predicted octanol–water partition coefficient (Wildman–Crippen LogP) is 1.19. The van der Waals surface area contributed by atoms with Crippen LogP contribution in [0.5, 0.6) is 5.75 Å². The lowest BCUT2D eigenvalue weighted by Crippen LogP contribution is -2.41. The fraction of sp³-hybridized carbons (Fsp3) is 0.500. The first kappa shape index (κ1) is 22.1. The van der Waals surface area contributed by atoms with Crippen LogP contribution in [0.1, 0.15) is 24.4 Å². The van der Waals surface area contributed by atoms with Gasteiger partial charge in [-0.2, -0.15) is 0 Å². The highest BCUT2D eigenvalue weighted by Crippen LogP contribution is 2.20. The van der Waals surface area contributed by atoms with E-state index in [0.29, 0.717) is 43.0 Å². The van der Waals surface area contributed by atoms with Crippen LogP contribution in [-0.2, 0) is 27.8 Å². The summed E-state index contributed by atoms with van der Waals surface area (Å²) >= 11 is 1.34. The summed E-state index contributed by atoms with van der Waals surface area (Å²) in [6.07, 6.45) is 0.266. The van der Waals surface area contributed by atoms with Crippen LogP contribution in [0.15, 0.2) is 29.4 Å². The number of carbonyl (C=O) groups is 2. The topological polar surface area (TPSA) is 98.6 Å². The third-order valence-corrected chi connectivity index (χ3v) is 5.85. The van der Waals surface area contributed by atoms with Gasteiger partial charge in [-0.15, -0.1) is 10.2 Å². The fourth-order valence-corrected chi connectivity index (χ4v) is 3.97. The van der Waals surface area contributed by atoms with E-state index in [1.807, 2.05) is 42.8 Å². The number of nitrogens with one attached hydrogen (secondary N) is 1. The zero-order valence-corrected chi connectivity index (χ0v) is 18.3. The van der Waals surface area contributed by atoms with E-state index in [1.165, 1.54) is 11.8 Å². The molecule has 0 spiro atoms. The molecule has 1 aromatic heterocycles. The van der Waals surface area contributed by atoms with Gasteiger partial charge >= 0.3 is 0 Å². The quantitative estimate of drug-likeness (QED) is 0.625. The molecule has 0 radical (unpaired) electrons. The molecule has 2 aromatic rings. The Morgan fingerprint density at radius 1 is 1.23 bits per heavy atom. The van der Waals surface area contributed by atoms with Crippen LogP contribution >= 0.6 is 11.8 Å². The molecule has 3 rings (SSSR count). The van der Waals surface area contributed by atoms with Gasteiger partial charge in [0, 0.05) is 20.1 Å². The van der Waals surface area contributed by atoms with E-state index in [1.54, 1.807) is 12.0 Å². The molecule has 1 saturated heterocycles. The molecule has 0 unspecified atom stereocenters. The first-order chi connectivity index (χ1) is 14.5. The molecular formula is C20H27N5O4S. The summed E-state index contributed by atoms with van der Waals surface area (Å²) in [5.41, 5.74) is 0.899. The first-order valence-electron chi connectivity index (χ1n) is 9.78. The van der Waals surface area contributed by atoms with E-state index in [0.717, 1.165) is 11.3 Å². The second-order valence-corrected chi connectivity index (χ2v) is 7.94. The molecule has 2 heterocycles. The molecule has 30 heavy (non-hydrogen) atoms. The Hall–Kier alpha value is -2.59. The molecule has 9 nitrogen and oxygen atoms in total. The van der Waals surface area contributed by atoms with Gasteiger partial charge in [0.1, 0.15) is 5.75 Å². The molecule has 1 aromatic carbocycles. The number of amides is 2. The van der Waals surface area contributed by atoms with Crippen molar-refractivity contribution in [3.8, 4) is 5.75 Å². The van der Waals surface area contributed by atoms with Gasteiger partial charge in [0.25, 0.3) is 0 Å². The number of hydrogen-bond donors (Lipinski definition) is 1. The minimum absolute atomic E-state index is 0.0636. The average molecular weight is 434 g/mol. The van der Waals surface area contributed by atoms with E-state index < -0.39 is 0 Å². The number of nitrogens with zero attached hydrogens (tertiary/aromatic N) is 4. The van der Waals surface area contributed by atoms with E-state index in [4.69, 9.17) is 9.47 Å². The van der Waals surface area contributed by atoms with Crippen LogP contribution in [0, 0.1) is 0 Å². The number of hydrogen-bond acceptors (Lipinski definition) is 7. The van der Waals surface area contributed by atoms with Crippen LogP contribution in [-0.4, -0.2) is 70.6 Å². The van der Waals surface area contributed by atoms with E-state index >= 15 is 0 Å². The van der Waals surface area contributed by atoms with Crippen LogP contribution in [0.25, 0.3) is 0 Å². The Kier molecular flexibility index (Phi) is 7.69. The van der Waals surface area contributed by atoms with Crippen LogP contribution in [0.3, 0.4) is 0 Å². The van der Waals surface area contributed by atoms with Crippen LogP contribution < -0.4 is 10.1 Å². The summed E-state index contributed by atoms with van der Waals surface area (Å²) in [4.78, 5) is 26.5. The van der Waals surface area contributed by atoms with Crippen molar-refractivity contribution in [2.45, 2.75) is 24.5 Å². The predicted molar refractivity (Wildman–Crippen MR) is 112 cm³/mol. The number of ether oxygens (including phenoxy) is 2. The molecule has 1 aliphatic rings. The molecule has 0 aliphatic carbocycles. The zero-order valence-electron chi connectivity index (χ0n) is 17.5. The number of thioether (sulfide) groups is 1. The number of morpholine rings is 1. The van der Waals surface area contributed by atoms with Crippen molar-refractivity contribution in [2.75, 3.05) is 39.2 Å². The SMILES string of the molecule is COc1ccc(CC(=O)N[C@H](C)c2nnc(SCC(=O)N3CCOCC3)n2C)cc1. The second kappa shape index (κ2) is 10.4. The van der Waals surface area contributed by atoms with Gasteiger partial charge in [-0.1, -0.05) is 23.9 Å². The molecule has 10 heteroatoms. The van der Waals surface area contributed by atoms with Crippen molar-refractivity contribution in [1.82, 2.24) is 25.0 Å². The van der Waals surface area contributed by atoms with Crippen LogP contribution in [0.4, 0.5) is 0 Å². The standard InChI is InChI=1S/C20H27N5O4S/c1-14(21-17(26)12-15-4-6-16(28-3)7-5-15)19-22-23-20(24(19)2)30-13-18(27)25-8-10-29-11-9-25/h4-7,14H,8-13H2,1-3H3,(H,21,26)/t14-/m1/s1. The van der Waals surface area contributed by atoms with Crippen molar-refractivity contribution < 1.29 is 19.1 Å². The number of rotatable bonds is 8. The molecule has 0 bridgehead atoms. The highest BCUT2D eigenvalue weighted by atomic mass is 32.2. The Morgan fingerprint density at radius 3 is 2.60 bits per heavy atom. The van der Waals surface area contributed by atoms with Gasteiger partial charge in [-0.05, 0) is 24.6 Å². The number of carbonyl (C=O) groups excluding carboxylic acids is 2. The van der Waals surface area contributed by atoms with Crippen molar-refractivity contribution in [2.24, 2.45) is 7.05 Å². The summed E-state index contributed by atoms with van der Waals surface area (Å²) in [5, 5.41) is 12.0. The van der Waals surface area contributed by atoms with Gasteiger partial charge in [0.2, 0.25) is 11.8 Å². The summed E-state index contributed by atoms with van der Waals surface area (Å²) in [7, 11) is 3.44. The smallest absolute Gasteiger partial charge is 0.233 e. The maximum atomic E-state index is 12.4. The largest absolute Gasteiger partial charge is 0.497 e. The highest BCUT2D eigenvalue weighted by molar-refractivity contribution is 7.99. The van der Waals surface area contributed by atoms with E-state index in [2.05, 4.69) is 15.5 Å². The van der Waals surface area contributed by atoms with Crippen molar-refractivity contribution >= 4 is 23.6 Å². The summed E-state index contributed by atoms with van der Waals surface area (Å²) in [6.45, 7) is 4.28. The first-order valence-corrected chi connectivity index (χ1v) is 10.8. The highest BCUT2D eigenvalue weighted by Gasteiger charge is 2.21. The van der Waals surface area contributed by atoms with E-state index in [9.17, 15) is 9.59 Å². The van der Waals surface area contributed by atoms with Gasteiger partial charge < -0.3 is 24.3 Å². The molecule has 1 atom stereocenters. The molecule has 1 aliphatic heterocycles. The summed E-state index contributed by atoms with van der Waals surface area (Å²) in [5.74, 6) is 1.65. The Morgan fingerprint density at radius 2 is 1.93 bits per heavy atom. The molecule has 2 amide bonds. The lowest BCUT2D eigenvalue weighted by Gasteiger charge is -2.26. The van der Waals surface area contributed by atoms with Gasteiger partial charge in [0.05, 0.1) is 38.5 Å². The monoisotopic (exact) mass is 433 g/mol. The number of aromatic nitrogens is 3. The third-order valence-electron chi connectivity index (χ3n) is 4.85. The minimum atomic E-state index is -0.308. The molecule has 1 fully saturated rings. The average Bonchev–Trinajstić information content (AvgIpc) is 3.13. The Bertz CT molecular complexity index is 865. The molecule has 1 N–H and O–H groups in total. The van der Waals surface area contributed by atoms with Gasteiger partial charge in [0.15, 0.2) is 11.0 Å². The van der Waals surface area contributed by atoms with Crippen molar-refractivity contribution in [1.29, 1.82) is 0 Å². The van der Waals surface area contributed by atoms with Crippen molar-refractivity contribution in [3.05, 3.63) is 35.7 Å². The lowest BCUT2D eigenvalue weighted by atomic mass is 10.1. The lowest BCUT2D eigenvalue weighted by molar-refractivity contribution is -0.132. The van der Waals surface area contributed by atoms with Gasteiger partial charge in [-0.3, -0.25) is 9.59 Å². The van der Waals surface area contributed by atoms with Crippen LogP contribution in [0.2, 0.25) is 0 Å². The van der Waals surface area contributed by atoms with E-state index in [-0.39, 0.29) is 24.3 Å². The molecular weight excluding hydrogens is 406 g/mol. The maximum absolute atomic E-state index is 12.4. The number of benzene rings is 1. The Labute approximate surface area is 180 Å². The fourth-order valence-electron chi connectivity index (χ4n) is 3.15. The summed E-state index contributed by atoms with van der Waals surface area (Å²) in [6, 6.07) is 7.09. The normalized spacial score (nSPS) is 15.0. The number of methoxy groups -OCH3 is 1. The summed E-state index contributed by atoms with van der Waals surface area (Å²) < 4.78 is 12.2. The third kappa shape index (κ3) is 5.73. The minimum Gasteiger partial charge on any atom is -0.497 e. The van der Waals surface area contributed by atoms with Gasteiger partial charge in [-0.25, -0.2) is 0 Å². The second-order valence-electron chi connectivity index (χ2n) is 7.00. The molecule has 162 valence electrons. The molecule has 0 saturated carbocycles. The zero-order chi connectivity index (χ0) is 21.5.